The van der Waals surface area contributed by atoms with E-state index in [1.54, 1.807) is 7.11 Å². The van der Waals surface area contributed by atoms with Crippen molar-refractivity contribution in [3.63, 3.8) is 0 Å². The fourth-order valence-electron chi connectivity index (χ4n) is 4.77. The third kappa shape index (κ3) is 3.33. The molecule has 1 saturated carbocycles. The van der Waals surface area contributed by atoms with E-state index < -0.39 is 0 Å². The molecule has 0 bridgehead atoms. The SMILES string of the molecule is COc1ccc(N2CCC3(CC2)CC3NC(=O)c2cccc3ccccc23)cc1. The predicted molar refractivity (Wildman–Crippen MR) is 117 cm³/mol. The monoisotopic (exact) mass is 386 g/mol. The third-order valence-corrected chi connectivity index (χ3v) is 6.73. The van der Waals surface area contributed by atoms with Crippen LogP contribution in [-0.4, -0.2) is 32.1 Å². The van der Waals surface area contributed by atoms with Gasteiger partial charge in [0.1, 0.15) is 5.75 Å². The summed E-state index contributed by atoms with van der Waals surface area (Å²) in [4.78, 5) is 15.4. The van der Waals surface area contributed by atoms with Crippen LogP contribution in [0.3, 0.4) is 0 Å². The summed E-state index contributed by atoms with van der Waals surface area (Å²) in [5.74, 6) is 0.946. The summed E-state index contributed by atoms with van der Waals surface area (Å²) in [7, 11) is 1.69. The zero-order valence-electron chi connectivity index (χ0n) is 16.7. The summed E-state index contributed by atoms with van der Waals surface area (Å²) >= 11 is 0. The predicted octanol–water partition coefficient (Wildman–Crippen LogP) is 4.64. The van der Waals surface area contributed by atoms with E-state index in [0.717, 1.165) is 54.4 Å². The first-order valence-electron chi connectivity index (χ1n) is 10.4. The van der Waals surface area contributed by atoms with Crippen molar-refractivity contribution >= 4 is 22.4 Å². The molecule has 3 aromatic rings. The molecular weight excluding hydrogens is 360 g/mol. The highest BCUT2D eigenvalue weighted by Gasteiger charge is 2.55. The number of nitrogens with one attached hydrogen (secondary N) is 1. The highest BCUT2D eigenvalue weighted by Crippen LogP contribution is 2.54. The first-order chi connectivity index (χ1) is 14.2. The summed E-state index contributed by atoms with van der Waals surface area (Å²) < 4.78 is 5.26. The van der Waals surface area contributed by atoms with Crippen LogP contribution in [0.1, 0.15) is 29.6 Å². The van der Waals surface area contributed by atoms with Gasteiger partial charge in [0.2, 0.25) is 0 Å². The topological polar surface area (TPSA) is 41.6 Å². The first kappa shape index (κ1) is 18.0. The van der Waals surface area contributed by atoms with E-state index in [9.17, 15) is 4.79 Å². The lowest BCUT2D eigenvalue weighted by atomic mass is 9.92. The van der Waals surface area contributed by atoms with Crippen LogP contribution in [0, 0.1) is 5.41 Å². The molecule has 0 radical (unpaired) electrons. The number of anilines is 1. The van der Waals surface area contributed by atoms with Gasteiger partial charge >= 0.3 is 0 Å². The zero-order valence-corrected chi connectivity index (χ0v) is 16.7. The third-order valence-electron chi connectivity index (χ3n) is 6.73. The molecular formula is C25H26N2O2. The van der Waals surface area contributed by atoms with Gasteiger partial charge in [0, 0.05) is 30.4 Å². The van der Waals surface area contributed by atoms with E-state index >= 15 is 0 Å². The quantitative estimate of drug-likeness (QED) is 0.710. The fourth-order valence-corrected chi connectivity index (χ4v) is 4.77. The van der Waals surface area contributed by atoms with E-state index in [1.165, 1.54) is 5.69 Å². The van der Waals surface area contributed by atoms with Crippen molar-refractivity contribution < 1.29 is 9.53 Å². The lowest BCUT2D eigenvalue weighted by Crippen LogP contribution is -2.38. The minimum absolute atomic E-state index is 0.0567. The van der Waals surface area contributed by atoms with Gasteiger partial charge in [-0.15, -0.1) is 0 Å². The highest BCUT2D eigenvalue weighted by atomic mass is 16.5. The normalized spacial score (nSPS) is 19.9. The van der Waals surface area contributed by atoms with Crippen LogP contribution in [0.4, 0.5) is 5.69 Å². The van der Waals surface area contributed by atoms with E-state index in [1.807, 2.05) is 42.5 Å². The Kier molecular flexibility index (Phi) is 4.42. The second kappa shape index (κ2) is 7.11. The fraction of sp³-hybridized carbons (Fsp3) is 0.320. The Morgan fingerprint density at radius 1 is 1.00 bits per heavy atom. The number of hydrogen-bond donors (Lipinski definition) is 1. The van der Waals surface area contributed by atoms with Crippen LogP contribution in [0.2, 0.25) is 0 Å². The number of nitrogens with zero attached hydrogens (tertiary/aromatic N) is 1. The summed E-state index contributed by atoms with van der Waals surface area (Å²) in [6.07, 6.45) is 3.35. The highest BCUT2D eigenvalue weighted by molar-refractivity contribution is 6.07. The van der Waals surface area contributed by atoms with Gasteiger partial charge in [0.05, 0.1) is 7.11 Å². The molecule has 1 spiro atoms. The number of rotatable bonds is 4. The van der Waals surface area contributed by atoms with Crippen molar-refractivity contribution in [1.82, 2.24) is 5.32 Å². The van der Waals surface area contributed by atoms with Crippen LogP contribution in [0.5, 0.6) is 5.75 Å². The number of fused-ring (bicyclic) bond motifs is 1. The molecule has 148 valence electrons. The van der Waals surface area contributed by atoms with Gasteiger partial charge in [-0.2, -0.15) is 0 Å². The molecule has 0 aromatic heterocycles. The number of carbonyl (C=O) groups is 1. The Hall–Kier alpha value is -3.01. The van der Waals surface area contributed by atoms with E-state index in [-0.39, 0.29) is 11.3 Å². The summed E-state index contributed by atoms with van der Waals surface area (Å²) in [5.41, 5.74) is 2.31. The maximum Gasteiger partial charge on any atom is 0.252 e. The minimum Gasteiger partial charge on any atom is -0.497 e. The average Bonchev–Trinajstić information content (AvgIpc) is 3.44. The zero-order chi connectivity index (χ0) is 19.8. The van der Waals surface area contributed by atoms with Crippen LogP contribution in [-0.2, 0) is 0 Å². The molecule has 1 atom stereocenters. The molecule has 4 nitrogen and oxygen atoms in total. The van der Waals surface area contributed by atoms with Gasteiger partial charge in [-0.1, -0.05) is 36.4 Å². The molecule has 1 aliphatic carbocycles. The molecule has 5 rings (SSSR count). The van der Waals surface area contributed by atoms with Gasteiger partial charge < -0.3 is 15.0 Å². The Balaban J connectivity index is 1.22. The van der Waals surface area contributed by atoms with Gasteiger partial charge in [0.25, 0.3) is 5.91 Å². The number of hydrogen-bond acceptors (Lipinski definition) is 3. The van der Waals surface area contributed by atoms with Crippen molar-refractivity contribution in [3.05, 3.63) is 72.3 Å². The van der Waals surface area contributed by atoms with Crippen molar-refractivity contribution in [3.8, 4) is 5.75 Å². The standard InChI is InChI=1S/C25H26N2O2/c1-29-20-11-9-19(10-12-20)27-15-13-25(14-16-27)17-23(25)26-24(28)22-8-4-6-18-5-2-3-7-21(18)22/h2-12,23H,13-17H2,1H3,(H,26,28). The first-order valence-corrected chi connectivity index (χ1v) is 10.4. The summed E-state index contributed by atoms with van der Waals surface area (Å²) in [6.45, 7) is 2.07. The Morgan fingerprint density at radius 3 is 2.48 bits per heavy atom. The number of piperidine rings is 1. The van der Waals surface area contributed by atoms with Gasteiger partial charge in [-0.3, -0.25) is 4.79 Å². The Bertz CT molecular complexity index is 1030. The largest absolute Gasteiger partial charge is 0.497 e. The van der Waals surface area contributed by atoms with Crippen LogP contribution < -0.4 is 15.0 Å². The number of amides is 1. The molecule has 29 heavy (non-hydrogen) atoms. The maximum absolute atomic E-state index is 12.9. The van der Waals surface area contributed by atoms with Crippen molar-refractivity contribution in [2.45, 2.75) is 25.3 Å². The van der Waals surface area contributed by atoms with Gasteiger partial charge in [-0.25, -0.2) is 0 Å². The minimum atomic E-state index is 0.0567. The van der Waals surface area contributed by atoms with E-state index in [2.05, 4.69) is 34.5 Å². The molecule has 1 unspecified atom stereocenters. The van der Waals surface area contributed by atoms with Crippen LogP contribution >= 0.6 is 0 Å². The van der Waals surface area contributed by atoms with Crippen LogP contribution in [0.15, 0.2) is 66.7 Å². The lowest BCUT2D eigenvalue weighted by molar-refractivity contribution is 0.0945. The Labute approximate surface area is 171 Å². The number of carbonyl (C=O) groups excluding carboxylic acids is 1. The Morgan fingerprint density at radius 2 is 1.72 bits per heavy atom. The number of methoxy groups -OCH3 is 1. The molecule has 1 saturated heterocycles. The maximum atomic E-state index is 12.9. The van der Waals surface area contributed by atoms with Crippen molar-refractivity contribution in [2.75, 3.05) is 25.1 Å². The van der Waals surface area contributed by atoms with E-state index in [4.69, 9.17) is 4.74 Å². The average molecular weight is 386 g/mol. The molecule has 2 fully saturated rings. The lowest BCUT2D eigenvalue weighted by Gasteiger charge is -2.34. The molecule has 4 heteroatoms. The molecule has 1 heterocycles. The summed E-state index contributed by atoms with van der Waals surface area (Å²) in [6, 6.07) is 22.6. The van der Waals surface area contributed by atoms with Crippen LogP contribution in [0.25, 0.3) is 10.8 Å². The molecule has 1 amide bonds. The van der Waals surface area contributed by atoms with Gasteiger partial charge in [-0.05, 0) is 65.8 Å². The smallest absolute Gasteiger partial charge is 0.252 e. The molecule has 3 aromatic carbocycles. The van der Waals surface area contributed by atoms with E-state index in [0.29, 0.717) is 6.04 Å². The van der Waals surface area contributed by atoms with Crippen molar-refractivity contribution in [2.24, 2.45) is 5.41 Å². The second-order valence-corrected chi connectivity index (χ2v) is 8.30. The molecule has 1 aliphatic heterocycles. The molecule has 1 N–H and O–H groups in total. The van der Waals surface area contributed by atoms with Crippen molar-refractivity contribution in [1.29, 1.82) is 0 Å². The second-order valence-electron chi connectivity index (χ2n) is 8.30. The summed E-state index contributed by atoms with van der Waals surface area (Å²) in [5, 5.41) is 5.45. The molecule has 2 aliphatic rings. The number of ether oxygens (including phenoxy) is 1. The van der Waals surface area contributed by atoms with Gasteiger partial charge in [0.15, 0.2) is 0 Å². The number of benzene rings is 3.